The third kappa shape index (κ3) is 6.40. The number of carbonyl (C=O) groups excluding carboxylic acids is 2. The lowest BCUT2D eigenvalue weighted by molar-refractivity contribution is -0.151. The van der Waals surface area contributed by atoms with Gasteiger partial charge in [0.05, 0.1) is 7.11 Å². The minimum atomic E-state index is -0.761. The summed E-state index contributed by atoms with van der Waals surface area (Å²) in [6.07, 6.45) is 8.33. The van der Waals surface area contributed by atoms with Crippen LogP contribution in [0, 0.1) is 0 Å². The number of ether oxygens (including phenoxy) is 1. The van der Waals surface area contributed by atoms with Crippen LogP contribution in [0.5, 0.6) is 0 Å². The predicted octanol–water partition coefficient (Wildman–Crippen LogP) is 2.26. The molecule has 14 heavy (non-hydrogen) atoms. The molecule has 0 rings (SSSR count). The second-order valence-corrected chi connectivity index (χ2v) is 3.09. The SMILES string of the molecule is CCCCC/C=C\CC(=O)C(=O)OC. The molecule has 0 aromatic rings. The van der Waals surface area contributed by atoms with E-state index in [1.165, 1.54) is 20.0 Å². The van der Waals surface area contributed by atoms with E-state index >= 15 is 0 Å². The fourth-order valence-electron chi connectivity index (χ4n) is 1.02. The number of esters is 1. The standard InChI is InChI=1S/C11H18O3/c1-3-4-5-6-7-8-9-10(12)11(13)14-2/h7-8H,3-6,9H2,1-2H3/b8-7-. The van der Waals surface area contributed by atoms with Crippen LogP contribution in [0.25, 0.3) is 0 Å². The van der Waals surface area contributed by atoms with Crippen LogP contribution in [0.2, 0.25) is 0 Å². The number of hydrogen-bond acceptors (Lipinski definition) is 3. The lowest BCUT2D eigenvalue weighted by Crippen LogP contribution is -2.13. The minimum absolute atomic E-state index is 0.152. The Hall–Kier alpha value is -1.12. The summed E-state index contributed by atoms with van der Waals surface area (Å²) in [7, 11) is 1.21. The summed E-state index contributed by atoms with van der Waals surface area (Å²) in [5, 5.41) is 0. The van der Waals surface area contributed by atoms with Crippen LogP contribution in [0.15, 0.2) is 12.2 Å². The van der Waals surface area contributed by atoms with E-state index in [1.807, 2.05) is 6.08 Å². The van der Waals surface area contributed by atoms with Gasteiger partial charge in [-0.25, -0.2) is 4.79 Å². The number of carbonyl (C=O) groups is 2. The molecule has 0 heterocycles. The molecular weight excluding hydrogens is 180 g/mol. The van der Waals surface area contributed by atoms with Crippen LogP contribution < -0.4 is 0 Å². The summed E-state index contributed by atoms with van der Waals surface area (Å²) >= 11 is 0. The third-order valence-electron chi connectivity index (χ3n) is 1.86. The molecule has 0 bridgehead atoms. The van der Waals surface area contributed by atoms with E-state index in [4.69, 9.17) is 0 Å². The molecule has 0 aliphatic rings. The van der Waals surface area contributed by atoms with E-state index in [-0.39, 0.29) is 6.42 Å². The van der Waals surface area contributed by atoms with Gasteiger partial charge in [-0.1, -0.05) is 31.9 Å². The van der Waals surface area contributed by atoms with Gasteiger partial charge < -0.3 is 4.74 Å². The third-order valence-corrected chi connectivity index (χ3v) is 1.86. The van der Waals surface area contributed by atoms with Crippen LogP contribution >= 0.6 is 0 Å². The van der Waals surface area contributed by atoms with Crippen molar-refractivity contribution < 1.29 is 14.3 Å². The zero-order valence-electron chi connectivity index (χ0n) is 8.91. The van der Waals surface area contributed by atoms with Gasteiger partial charge in [0, 0.05) is 6.42 Å². The van der Waals surface area contributed by atoms with Gasteiger partial charge in [0.2, 0.25) is 5.78 Å². The number of hydrogen-bond donors (Lipinski definition) is 0. The fourth-order valence-corrected chi connectivity index (χ4v) is 1.02. The molecule has 0 spiro atoms. The Bertz CT molecular complexity index is 207. The number of allylic oxidation sites excluding steroid dienone is 2. The molecule has 80 valence electrons. The highest BCUT2D eigenvalue weighted by Gasteiger charge is 2.10. The van der Waals surface area contributed by atoms with Crippen LogP contribution in [0.1, 0.15) is 39.0 Å². The van der Waals surface area contributed by atoms with Gasteiger partial charge >= 0.3 is 5.97 Å². The Morgan fingerprint density at radius 2 is 1.93 bits per heavy atom. The molecule has 0 amide bonds. The van der Waals surface area contributed by atoms with Crippen LogP contribution in [-0.2, 0) is 14.3 Å². The maximum Gasteiger partial charge on any atom is 0.374 e. The first-order valence-corrected chi connectivity index (χ1v) is 4.98. The summed E-state index contributed by atoms with van der Waals surface area (Å²) < 4.78 is 4.29. The summed E-state index contributed by atoms with van der Waals surface area (Å²) in [4.78, 5) is 21.6. The topological polar surface area (TPSA) is 43.4 Å². The first-order chi connectivity index (χ1) is 6.72. The van der Waals surface area contributed by atoms with Gasteiger partial charge in [-0.2, -0.15) is 0 Å². The van der Waals surface area contributed by atoms with Crippen LogP contribution in [0.3, 0.4) is 0 Å². The number of unbranched alkanes of at least 4 members (excludes halogenated alkanes) is 3. The molecule has 0 radical (unpaired) electrons. The molecule has 3 nitrogen and oxygen atoms in total. The molecule has 0 aromatic carbocycles. The zero-order valence-corrected chi connectivity index (χ0v) is 8.91. The van der Waals surface area contributed by atoms with Gasteiger partial charge in [0.1, 0.15) is 0 Å². The van der Waals surface area contributed by atoms with E-state index < -0.39 is 11.8 Å². The molecule has 0 fully saturated rings. The lowest BCUT2D eigenvalue weighted by atomic mass is 10.2. The first kappa shape index (κ1) is 12.9. The van der Waals surface area contributed by atoms with Crippen LogP contribution in [-0.4, -0.2) is 18.9 Å². The molecule has 0 saturated heterocycles. The molecule has 0 aliphatic heterocycles. The molecule has 0 aliphatic carbocycles. The van der Waals surface area contributed by atoms with Crippen molar-refractivity contribution in [3.05, 3.63) is 12.2 Å². The molecular formula is C11H18O3. The van der Waals surface area contributed by atoms with Crippen molar-refractivity contribution in [2.75, 3.05) is 7.11 Å². The zero-order chi connectivity index (χ0) is 10.8. The Kier molecular flexibility index (Phi) is 7.80. The van der Waals surface area contributed by atoms with E-state index in [0.29, 0.717) is 0 Å². The molecule has 0 aromatic heterocycles. The minimum Gasteiger partial charge on any atom is -0.463 e. The Balaban J connectivity index is 3.51. The van der Waals surface area contributed by atoms with Crippen molar-refractivity contribution in [1.82, 2.24) is 0 Å². The van der Waals surface area contributed by atoms with Gasteiger partial charge in [-0.15, -0.1) is 0 Å². The lowest BCUT2D eigenvalue weighted by Gasteiger charge is -1.94. The highest BCUT2D eigenvalue weighted by atomic mass is 16.5. The number of Topliss-reactive ketones (excluding diaryl/α,β-unsaturated/α-hetero) is 1. The highest BCUT2D eigenvalue weighted by Crippen LogP contribution is 2.00. The first-order valence-electron chi connectivity index (χ1n) is 4.98. The van der Waals surface area contributed by atoms with Gasteiger partial charge in [0.25, 0.3) is 0 Å². The van der Waals surface area contributed by atoms with Crippen molar-refractivity contribution in [3.8, 4) is 0 Å². The van der Waals surface area contributed by atoms with Crippen molar-refractivity contribution in [3.63, 3.8) is 0 Å². The summed E-state index contributed by atoms with van der Waals surface area (Å²) in [6.45, 7) is 2.14. The summed E-state index contributed by atoms with van der Waals surface area (Å²) in [5.74, 6) is -1.25. The van der Waals surface area contributed by atoms with E-state index in [1.54, 1.807) is 6.08 Å². The molecule has 0 N–H and O–H groups in total. The second-order valence-electron chi connectivity index (χ2n) is 3.09. The second kappa shape index (κ2) is 8.48. The smallest absolute Gasteiger partial charge is 0.374 e. The number of rotatable bonds is 7. The Morgan fingerprint density at radius 3 is 2.50 bits per heavy atom. The Morgan fingerprint density at radius 1 is 1.21 bits per heavy atom. The molecule has 3 heteroatoms. The molecule has 0 unspecified atom stereocenters. The van der Waals surface area contributed by atoms with Crippen molar-refractivity contribution in [2.45, 2.75) is 39.0 Å². The van der Waals surface area contributed by atoms with Crippen molar-refractivity contribution in [2.24, 2.45) is 0 Å². The fraction of sp³-hybridized carbons (Fsp3) is 0.636. The normalized spacial score (nSPS) is 10.4. The van der Waals surface area contributed by atoms with Gasteiger partial charge in [0.15, 0.2) is 0 Å². The Labute approximate surface area is 85.1 Å². The van der Waals surface area contributed by atoms with E-state index in [2.05, 4.69) is 11.7 Å². The molecule has 0 atom stereocenters. The monoisotopic (exact) mass is 198 g/mol. The quantitative estimate of drug-likeness (QED) is 0.273. The average molecular weight is 198 g/mol. The number of methoxy groups -OCH3 is 1. The summed E-state index contributed by atoms with van der Waals surface area (Å²) in [6, 6.07) is 0. The van der Waals surface area contributed by atoms with Crippen molar-refractivity contribution in [1.29, 1.82) is 0 Å². The van der Waals surface area contributed by atoms with Gasteiger partial charge in [-0.05, 0) is 12.8 Å². The van der Waals surface area contributed by atoms with E-state index in [9.17, 15) is 9.59 Å². The maximum atomic E-state index is 10.9. The largest absolute Gasteiger partial charge is 0.463 e. The highest BCUT2D eigenvalue weighted by molar-refractivity contribution is 6.33. The van der Waals surface area contributed by atoms with Crippen LogP contribution in [0.4, 0.5) is 0 Å². The predicted molar refractivity (Wildman–Crippen MR) is 54.9 cm³/mol. The maximum absolute atomic E-state index is 10.9. The van der Waals surface area contributed by atoms with Crippen molar-refractivity contribution >= 4 is 11.8 Å². The average Bonchev–Trinajstić information content (AvgIpc) is 2.21. The summed E-state index contributed by atoms with van der Waals surface area (Å²) in [5.41, 5.74) is 0. The van der Waals surface area contributed by atoms with Gasteiger partial charge in [-0.3, -0.25) is 4.79 Å². The number of ketones is 1. The van der Waals surface area contributed by atoms with E-state index in [0.717, 1.165) is 12.8 Å². The molecule has 0 saturated carbocycles.